The van der Waals surface area contributed by atoms with Gasteiger partial charge in [-0.2, -0.15) is 0 Å². The molecule has 4 rings (SSSR count). The highest BCUT2D eigenvalue weighted by Crippen LogP contribution is 2.55. The fourth-order valence-electron chi connectivity index (χ4n) is 3.40. The number of ether oxygens (including phenoxy) is 2. The van der Waals surface area contributed by atoms with Gasteiger partial charge in [-0.25, -0.2) is 0 Å². The van der Waals surface area contributed by atoms with Crippen molar-refractivity contribution in [3.05, 3.63) is 71.8 Å². The molecule has 0 aliphatic carbocycles. The van der Waals surface area contributed by atoms with E-state index >= 15 is 0 Å². The zero-order chi connectivity index (χ0) is 13.6. The van der Waals surface area contributed by atoms with Crippen molar-refractivity contribution in [3.63, 3.8) is 0 Å². The average Bonchev–Trinajstić information content (AvgIpc) is 2.77. The van der Waals surface area contributed by atoms with Gasteiger partial charge in [0.1, 0.15) is 5.60 Å². The Labute approximate surface area is 117 Å². The Kier molecular flexibility index (Phi) is 2.67. The van der Waals surface area contributed by atoms with Crippen molar-refractivity contribution in [2.75, 3.05) is 6.61 Å². The van der Waals surface area contributed by atoms with Crippen LogP contribution in [-0.4, -0.2) is 24.1 Å². The normalized spacial score (nSPS) is 30.6. The SMILES string of the molecule is O[C@@H]1CO[C@@H]2OC(c3ccccc3)(c3ccccc3)[C@@H]21. The van der Waals surface area contributed by atoms with E-state index in [0.717, 1.165) is 11.1 Å². The van der Waals surface area contributed by atoms with Crippen molar-refractivity contribution in [2.24, 2.45) is 5.92 Å². The van der Waals surface area contributed by atoms with Gasteiger partial charge in [-0.3, -0.25) is 0 Å². The summed E-state index contributed by atoms with van der Waals surface area (Å²) in [6.07, 6.45) is -0.792. The van der Waals surface area contributed by atoms with E-state index in [0.29, 0.717) is 6.61 Å². The van der Waals surface area contributed by atoms with Crippen LogP contribution in [0.3, 0.4) is 0 Å². The molecule has 2 aliphatic rings. The molecule has 2 aromatic carbocycles. The fourth-order valence-corrected chi connectivity index (χ4v) is 3.40. The first-order chi connectivity index (χ1) is 9.82. The lowest BCUT2D eigenvalue weighted by Gasteiger charge is -2.52. The molecule has 3 atom stereocenters. The summed E-state index contributed by atoms with van der Waals surface area (Å²) in [4.78, 5) is 0. The van der Waals surface area contributed by atoms with E-state index in [1.807, 2.05) is 60.7 Å². The maximum Gasteiger partial charge on any atom is 0.168 e. The molecule has 2 aromatic rings. The molecule has 2 fully saturated rings. The molecular weight excluding hydrogens is 252 g/mol. The zero-order valence-electron chi connectivity index (χ0n) is 11.0. The molecule has 0 spiro atoms. The number of hydrogen-bond donors (Lipinski definition) is 1. The lowest BCUT2D eigenvalue weighted by atomic mass is 9.70. The lowest BCUT2D eigenvalue weighted by molar-refractivity contribution is -0.317. The van der Waals surface area contributed by atoms with E-state index in [2.05, 4.69) is 0 Å². The van der Waals surface area contributed by atoms with Gasteiger partial charge in [0.05, 0.1) is 18.6 Å². The minimum atomic E-state index is -0.594. The molecule has 3 nitrogen and oxygen atoms in total. The van der Waals surface area contributed by atoms with E-state index < -0.39 is 11.7 Å². The van der Waals surface area contributed by atoms with Gasteiger partial charge < -0.3 is 14.6 Å². The van der Waals surface area contributed by atoms with E-state index in [4.69, 9.17) is 9.47 Å². The van der Waals surface area contributed by atoms with Crippen LogP contribution in [0.4, 0.5) is 0 Å². The maximum absolute atomic E-state index is 10.3. The van der Waals surface area contributed by atoms with Gasteiger partial charge in [0, 0.05) is 0 Å². The molecule has 2 heterocycles. The summed E-state index contributed by atoms with van der Waals surface area (Å²) in [6.45, 7) is 0.344. The molecule has 1 N–H and O–H groups in total. The van der Waals surface area contributed by atoms with Gasteiger partial charge in [0.15, 0.2) is 6.29 Å². The molecule has 0 unspecified atom stereocenters. The summed E-state index contributed by atoms with van der Waals surface area (Å²) in [5, 5.41) is 10.3. The highest BCUT2D eigenvalue weighted by molar-refractivity contribution is 5.41. The summed E-state index contributed by atoms with van der Waals surface area (Å²) in [6, 6.07) is 20.2. The minimum Gasteiger partial charge on any atom is -0.390 e. The highest BCUT2D eigenvalue weighted by Gasteiger charge is 2.64. The average molecular weight is 268 g/mol. The molecular formula is C17H16O3. The Hall–Kier alpha value is -1.68. The monoisotopic (exact) mass is 268 g/mol. The van der Waals surface area contributed by atoms with E-state index in [1.165, 1.54) is 0 Å². The van der Waals surface area contributed by atoms with Crippen molar-refractivity contribution in [3.8, 4) is 0 Å². The van der Waals surface area contributed by atoms with Crippen LogP contribution in [0, 0.1) is 5.92 Å². The van der Waals surface area contributed by atoms with Crippen LogP contribution >= 0.6 is 0 Å². The maximum atomic E-state index is 10.3. The highest BCUT2D eigenvalue weighted by atomic mass is 16.7. The lowest BCUT2D eigenvalue weighted by Crippen LogP contribution is -2.59. The van der Waals surface area contributed by atoms with E-state index in [-0.39, 0.29) is 12.2 Å². The van der Waals surface area contributed by atoms with Crippen LogP contribution in [0.1, 0.15) is 11.1 Å². The first-order valence-corrected chi connectivity index (χ1v) is 6.91. The summed E-state index contributed by atoms with van der Waals surface area (Å²) in [7, 11) is 0. The standard InChI is InChI=1S/C17H16O3/c18-14-11-19-16-15(14)17(20-16,12-7-3-1-4-8-12)13-9-5-2-6-10-13/h1-10,14-16,18H,11H2/t14-,15-,16-/m1/s1. The van der Waals surface area contributed by atoms with Crippen molar-refractivity contribution in [1.29, 1.82) is 0 Å². The Bertz CT molecular complexity index is 551. The van der Waals surface area contributed by atoms with Crippen LogP contribution < -0.4 is 0 Å². The molecule has 2 saturated heterocycles. The quantitative estimate of drug-likeness (QED) is 0.908. The second-order valence-electron chi connectivity index (χ2n) is 5.38. The van der Waals surface area contributed by atoms with Gasteiger partial charge in [-0.05, 0) is 11.1 Å². The van der Waals surface area contributed by atoms with Crippen LogP contribution in [0.15, 0.2) is 60.7 Å². The number of aliphatic hydroxyl groups excluding tert-OH is 1. The van der Waals surface area contributed by atoms with Crippen LogP contribution in [-0.2, 0) is 15.1 Å². The third-order valence-corrected chi connectivity index (χ3v) is 4.32. The molecule has 0 amide bonds. The van der Waals surface area contributed by atoms with Crippen LogP contribution in [0.5, 0.6) is 0 Å². The van der Waals surface area contributed by atoms with Crippen molar-refractivity contribution in [2.45, 2.75) is 18.0 Å². The Morgan fingerprint density at radius 2 is 1.45 bits per heavy atom. The van der Waals surface area contributed by atoms with E-state index in [1.54, 1.807) is 0 Å². The number of fused-ring (bicyclic) bond motifs is 1. The molecule has 0 aromatic heterocycles. The zero-order valence-corrected chi connectivity index (χ0v) is 11.0. The van der Waals surface area contributed by atoms with Crippen LogP contribution in [0.2, 0.25) is 0 Å². The van der Waals surface area contributed by atoms with Gasteiger partial charge in [0.2, 0.25) is 0 Å². The summed E-state index contributed by atoms with van der Waals surface area (Å²) < 4.78 is 11.6. The smallest absolute Gasteiger partial charge is 0.168 e. The number of rotatable bonds is 2. The third-order valence-electron chi connectivity index (χ3n) is 4.32. The molecule has 2 aliphatic heterocycles. The molecule has 102 valence electrons. The second-order valence-corrected chi connectivity index (χ2v) is 5.38. The number of hydrogen-bond acceptors (Lipinski definition) is 3. The summed E-state index contributed by atoms with van der Waals surface area (Å²) in [5.74, 6) is -0.0488. The van der Waals surface area contributed by atoms with E-state index in [9.17, 15) is 5.11 Å². The second kappa shape index (κ2) is 4.42. The molecule has 0 saturated carbocycles. The summed E-state index contributed by atoms with van der Waals surface area (Å²) >= 11 is 0. The predicted molar refractivity (Wildman–Crippen MR) is 74.0 cm³/mol. The van der Waals surface area contributed by atoms with Crippen molar-refractivity contribution >= 4 is 0 Å². The van der Waals surface area contributed by atoms with Crippen molar-refractivity contribution < 1.29 is 14.6 Å². The molecule has 0 radical (unpaired) electrons. The number of aliphatic hydroxyl groups is 1. The molecule has 3 heteroatoms. The van der Waals surface area contributed by atoms with Gasteiger partial charge in [-0.1, -0.05) is 60.7 Å². The fraction of sp³-hybridized carbons (Fsp3) is 0.294. The third kappa shape index (κ3) is 1.51. The first kappa shape index (κ1) is 12.1. The Balaban J connectivity index is 1.87. The summed E-state index contributed by atoms with van der Waals surface area (Å²) in [5.41, 5.74) is 1.54. The van der Waals surface area contributed by atoms with Gasteiger partial charge in [0.25, 0.3) is 0 Å². The van der Waals surface area contributed by atoms with Gasteiger partial charge in [-0.15, -0.1) is 0 Å². The molecule has 0 bridgehead atoms. The largest absolute Gasteiger partial charge is 0.390 e. The first-order valence-electron chi connectivity index (χ1n) is 6.91. The van der Waals surface area contributed by atoms with Crippen molar-refractivity contribution in [1.82, 2.24) is 0 Å². The topological polar surface area (TPSA) is 38.7 Å². The molecule has 20 heavy (non-hydrogen) atoms. The van der Waals surface area contributed by atoms with Crippen LogP contribution in [0.25, 0.3) is 0 Å². The Morgan fingerprint density at radius 1 is 0.900 bits per heavy atom. The number of benzene rings is 2. The van der Waals surface area contributed by atoms with Gasteiger partial charge >= 0.3 is 0 Å². The predicted octanol–water partition coefficient (Wildman–Crippen LogP) is 2.29. The minimum absolute atomic E-state index is 0.0488. The Morgan fingerprint density at radius 3 is 1.95 bits per heavy atom.